The van der Waals surface area contributed by atoms with Crippen molar-refractivity contribution in [2.24, 2.45) is 5.41 Å². The summed E-state index contributed by atoms with van der Waals surface area (Å²) in [5, 5.41) is 0. The molecule has 1 heterocycles. The molecule has 0 bridgehead atoms. The smallest absolute Gasteiger partial charge is 0.207 e. The Labute approximate surface area is 138 Å². The summed E-state index contributed by atoms with van der Waals surface area (Å²) >= 11 is 6.79. The van der Waals surface area contributed by atoms with Crippen LogP contribution in [-0.2, 0) is 10.0 Å². The van der Waals surface area contributed by atoms with E-state index < -0.39 is 10.0 Å². The molecule has 112 valence electrons. The van der Waals surface area contributed by atoms with Gasteiger partial charge in [0.05, 0.1) is 4.90 Å². The summed E-state index contributed by atoms with van der Waals surface area (Å²) in [6.07, 6.45) is 1.80. The van der Waals surface area contributed by atoms with Crippen molar-refractivity contribution in [2.75, 3.05) is 13.1 Å². The van der Waals surface area contributed by atoms with Gasteiger partial charge in [0.25, 0.3) is 0 Å². The lowest BCUT2D eigenvalue weighted by atomic mass is 9.83. The molecule has 6 heteroatoms. The molecule has 1 saturated heterocycles. The molecule has 0 radical (unpaired) electrons. The van der Waals surface area contributed by atoms with Crippen LogP contribution >= 0.6 is 31.9 Å². The Bertz CT molecular complexity index is 616. The summed E-state index contributed by atoms with van der Waals surface area (Å²) < 4.78 is 28.6. The average Bonchev–Trinajstić information content (AvgIpc) is 2.33. The van der Waals surface area contributed by atoms with Crippen LogP contribution in [0.3, 0.4) is 0 Å². The highest BCUT2D eigenvalue weighted by atomic mass is 79.9. The normalized spacial score (nSPS) is 20.1. The Morgan fingerprint density at radius 3 is 2.20 bits per heavy atom. The fourth-order valence-corrected chi connectivity index (χ4v) is 5.38. The zero-order valence-corrected chi connectivity index (χ0v) is 15.9. The second-order valence-corrected chi connectivity index (χ2v) is 9.72. The van der Waals surface area contributed by atoms with Gasteiger partial charge in [0.2, 0.25) is 10.0 Å². The van der Waals surface area contributed by atoms with Gasteiger partial charge in [-0.3, -0.25) is 0 Å². The van der Waals surface area contributed by atoms with Crippen LogP contribution in [0.5, 0.6) is 0 Å². The molecule has 0 saturated carbocycles. The van der Waals surface area contributed by atoms with Gasteiger partial charge < -0.3 is 0 Å². The predicted octanol–water partition coefficient (Wildman–Crippen LogP) is 4.33. The van der Waals surface area contributed by atoms with Crippen LogP contribution in [0.2, 0.25) is 0 Å². The third-order valence-electron chi connectivity index (χ3n) is 3.91. The molecule has 1 fully saturated rings. The summed E-state index contributed by atoms with van der Waals surface area (Å²) in [6, 6.07) is 3.53. The first kappa shape index (κ1) is 16.5. The van der Waals surface area contributed by atoms with Crippen LogP contribution in [0.4, 0.5) is 0 Å². The molecule has 0 N–H and O–H groups in total. The molecule has 2 rings (SSSR count). The fraction of sp³-hybridized carbons (Fsp3) is 0.571. The van der Waals surface area contributed by atoms with E-state index in [1.54, 1.807) is 10.4 Å². The first-order chi connectivity index (χ1) is 9.13. The largest absolute Gasteiger partial charge is 0.244 e. The highest BCUT2D eigenvalue weighted by Crippen LogP contribution is 2.35. The number of aryl methyl sites for hydroxylation is 1. The molecule has 0 aromatic heterocycles. The number of rotatable bonds is 2. The van der Waals surface area contributed by atoms with E-state index in [-0.39, 0.29) is 5.41 Å². The molecule has 0 amide bonds. The van der Waals surface area contributed by atoms with Crippen LogP contribution in [0, 0.1) is 12.3 Å². The van der Waals surface area contributed by atoms with Gasteiger partial charge in [-0.1, -0.05) is 29.8 Å². The molecule has 0 spiro atoms. The van der Waals surface area contributed by atoms with Crippen molar-refractivity contribution in [2.45, 2.75) is 38.5 Å². The predicted molar refractivity (Wildman–Crippen MR) is 88.4 cm³/mol. The Balaban J connectivity index is 2.34. The molecule has 1 aliphatic heterocycles. The Morgan fingerprint density at radius 1 is 1.10 bits per heavy atom. The van der Waals surface area contributed by atoms with Gasteiger partial charge in [0, 0.05) is 22.0 Å². The molecule has 1 aliphatic rings. The third-order valence-corrected chi connectivity index (χ3v) is 7.62. The van der Waals surface area contributed by atoms with E-state index in [9.17, 15) is 8.42 Å². The lowest BCUT2D eigenvalue weighted by Gasteiger charge is -2.36. The van der Waals surface area contributed by atoms with Gasteiger partial charge >= 0.3 is 0 Å². The van der Waals surface area contributed by atoms with E-state index in [0.29, 0.717) is 22.5 Å². The summed E-state index contributed by atoms with van der Waals surface area (Å²) in [5.74, 6) is 0. The third kappa shape index (κ3) is 3.29. The topological polar surface area (TPSA) is 37.4 Å². The number of sulfonamides is 1. The van der Waals surface area contributed by atoms with E-state index in [1.807, 2.05) is 13.0 Å². The fourth-order valence-electron chi connectivity index (χ4n) is 2.30. The lowest BCUT2D eigenvalue weighted by molar-refractivity contribution is 0.196. The maximum atomic E-state index is 12.8. The van der Waals surface area contributed by atoms with Crippen molar-refractivity contribution in [1.29, 1.82) is 0 Å². The highest BCUT2D eigenvalue weighted by Gasteiger charge is 2.33. The minimum absolute atomic E-state index is 0.233. The van der Waals surface area contributed by atoms with Crippen molar-refractivity contribution >= 4 is 41.9 Å². The summed E-state index contributed by atoms with van der Waals surface area (Å²) in [7, 11) is -3.43. The summed E-state index contributed by atoms with van der Waals surface area (Å²) in [5.41, 5.74) is 1.24. The second kappa shape index (κ2) is 5.71. The molecular formula is C14H19Br2NO2S. The minimum atomic E-state index is -3.43. The molecular weight excluding hydrogens is 406 g/mol. The molecule has 1 aromatic carbocycles. The Morgan fingerprint density at radius 2 is 1.65 bits per heavy atom. The second-order valence-electron chi connectivity index (χ2n) is 6.10. The molecule has 3 nitrogen and oxygen atoms in total. The van der Waals surface area contributed by atoms with Crippen molar-refractivity contribution in [3.63, 3.8) is 0 Å². The van der Waals surface area contributed by atoms with E-state index in [1.165, 1.54) is 0 Å². The van der Waals surface area contributed by atoms with Gasteiger partial charge in [-0.15, -0.1) is 0 Å². The standard InChI is InChI=1S/C14H19Br2NO2S/c1-10-8-12(16)13(9-11(10)15)20(18,19)17-6-4-14(2,3)5-7-17/h8-9H,4-7H2,1-3H3. The van der Waals surface area contributed by atoms with Crippen LogP contribution < -0.4 is 0 Å². The molecule has 1 aromatic rings. The first-order valence-electron chi connectivity index (χ1n) is 6.59. The minimum Gasteiger partial charge on any atom is -0.207 e. The number of benzene rings is 1. The van der Waals surface area contributed by atoms with E-state index in [2.05, 4.69) is 45.7 Å². The first-order valence-corrected chi connectivity index (χ1v) is 9.62. The highest BCUT2D eigenvalue weighted by molar-refractivity contribution is 9.11. The molecule has 0 aliphatic carbocycles. The van der Waals surface area contributed by atoms with Crippen LogP contribution in [0.25, 0.3) is 0 Å². The Hall–Kier alpha value is 0.0900. The van der Waals surface area contributed by atoms with Gasteiger partial charge in [-0.2, -0.15) is 4.31 Å². The van der Waals surface area contributed by atoms with Crippen molar-refractivity contribution in [3.8, 4) is 0 Å². The van der Waals surface area contributed by atoms with E-state index >= 15 is 0 Å². The lowest BCUT2D eigenvalue weighted by Crippen LogP contribution is -2.41. The maximum absolute atomic E-state index is 12.8. The van der Waals surface area contributed by atoms with Crippen molar-refractivity contribution < 1.29 is 8.42 Å². The van der Waals surface area contributed by atoms with Gasteiger partial charge in [-0.25, -0.2) is 8.42 Å². The quantitative estimate of drug-likeness (QED) is 0.708. The summed E-state index contributed by atoms with van der Waals surface area (Å²) in [4.78, 5) is 0.342. The van der Waals surface area contributed by atoms with Gasteiger partial charge in [-0.05, 0) is 58.8 Å². The van der Waals surface area contributed by atoms with Crippen LogP contribution in [0.1, 0.15) is 32.3 Å². The average molecular weight is 425 g/mol. The van der Waals surface area contributed by atoms with Crippen molar-refractivity contribution in [3.05, 3.63) is 26.6 Å². The Kier molecular flexibility index (Phi) is 4.70. The number of hydrogen-bond acceptors (Lipinski definition) is 2. The van der Waals surface area contributed by atoms with E-state index in [0.717, 1.165) is 22.9 Å². The van der Waals surface area contributed by atoms with Gasteiger partial charge in [0.15, 0.2) is 0 Å². The number of halogens is 2. The number of hydrogen-bond donors (Lipinski definition) is 0. The SMILES string of the molecule is Cc1cc(Br)c(S(=O)(=O)N2CCC(C)(C)CC2)cc1Br. The zero-order chi connectivity index (χ0) is 15.1. The van der Waals surface area contributed by atoms with E-state index in [4.69, 9.17) is 0 Å². The van der Waals surface area contributed by atoms with Gasteiger partial charge in [0.1, 0.15) is 0 Å². The maximum Gasteiger partial charge on any atom is 0.244 e. The molecule has 0 atom stereocenters. The number of piperidine rings is 1. The van der Waals surface area contributed by atoms with Crippen LogP contribution in [0.15, 0.2) is 26.0 Å². The summed E-state index contributed by atoms with van der Waals surface area (Å²) in [6.45, 7) is 7.50. The zero-order valence-electron chi connectivity index (χ0n) is 11.9. The monoisotopic (exact) mass is 423 g/mol. The molecule has 20 heavy (non-hydrogen) atoms. The van der Waals surface area contributed by atoms with Crippen LogP contribution in [-0.4, -0.2) is 25.8 Å². The number of nitrogens with zero attached hydrogens (tertiary/aromatic N) is 1. The molecule has 0 unspecified atom stereocenters. The van der Waals surface area contributed by atoms with Crippen molar-refractivity contribution in [1.82, 2.24) is 4.31 Å².